The van der Waals surface area contributed by atoms with Crippen molar-refractivity contribution in [2.24, 2.45) is 5.92 Å². The minimum atomic E-state index is -3.38. The number of sulfonamides is 1. The van der Waals surface area contributed by atoms with E-state index in [2.05, 4.69) is 0 Å². The van der Waals surface area contributed by atoms with Crippen LogP contribution < -0.4 is 0 Å². The van der Waals surface area contributed by atoms with Gasteiger partial charge in [-0.3, -0.25) is 0 Å². The van der Waals surface area contributed by atoms with E-state index in [1.54, 1.807) is 18.5 Å². The molecule has 2 heterocycles. The van der Waals surface area contributed by atoms with Gasteiger partial charge in [-0.05, 0) is 35.8 Å². The van der Waals surface area contributed by atoms with E-state index in [9.17, 15) is 8.42 Å². The van der Waals surface area contributed by atoms with Crippen LogP contribution >= 0.6 is 22.9 Å². The Morgan fingerprint density at radius 1 is 1.47 bits per heavy atom. The molecule has 0 saturated carbocycles. The predicted molar refractivity (Wildman–Crippen MR) is 77.2 cm³/mol. The van der Waals surface area contributed by atoms with Gasteiger partial charge in [0.15, 0.2) is 0 Å². The van der Waals surface area contributed by atoms with Gasteiger partial charge in [0.05, 0.1) is 0 Å². The number of alkyl halides is 1. The van der Waals surface area contributed by atoms with E-state index in [1.165, 1.54) is 15.6 Å². The number of hydrogen-bond acceptors (Lipinski definition) is 4. The molecule has 4 nitrogen and oxygen atoms in total. The summed E-state index contributed by atoms with van der Waals surface area (Å²) >= 11 is 6.94. The highest BCUT2D eigenvalue weighted by Crippen LogP contribution is 2.26. The van der Waals surface area contributed by atoms with Gasteiger partial charge in [0.25, 0.3) is 10.0 Å². The molecule has 0 N–H and O–H groups in total. The van der Waals surface area contributed by atoms with Crippen molar-refractivity contribution >= 4 is 33.0 Å². The van der Waals surface area contributed by atoms with Crippen molar-refractivity contribution in [3.8, 4) is 0 Å². The lowest BCUT2D eigenvalue weighted by Crippen LogP contribution is -2.33. The third-order valence-corrected chi connectivity index (χ3v) is 6.90. The summed E-state index contributed by atoms with van der Waals surface area (Å²) in [6.07, 6.45) is 1.86. The molecule has 0 unspecified atom stereocenters. The van der Waals surface area contributed by atoms with E-state index in [-0.39, 0.29) is 0 Å². The molecule has 0 aliphatic carbocycles. The van der Waals surface area contributed by atoms with Gasteiger partial charge in [0.1, 0.15) is 4.21 Å². The van der Waals surface area contributed by atoms with Gasteiger partial charge >= 0.3 is 0 Å². The zero-order valence-electron chi connectivity index (χ0n) is 10.8. The average Bonchev–Trinajstić information content (AvgIpc) is 2.89. The molecule has 0 aromatic carbocycles. The summed E-state index contributed by atoms with van der Waals surface area (Å²) in [5.74, 6) is 0.733. The van der Waals surface area contributed by atoms with Crippen LogP contribution in [0.15, 0.2) is 15.7 Å². The predicted octanol–water partition coefficient (Wildman–Crippen LogP) is 2.53. The Kier molecular flexibility index (Phi) is 5.25. The van der Waals surface area contributed by atoms with Crippen LogP contribution in [0.1, 0.15) is 18.4 Å². The van der Waals surface area contributed by atoms with Crippen molar-refractivity contribution < 1.29 is 13.2 Å². The highest BCUT2D eigenvalue weighted by molar-refractivity contribution is 7.91. The standard InChI is InChI=1S/C12H18ClNO3S2/c1-14(8-10-2-4-17-5-3-10)19(15,16)12-6-11(7-13)9-18-12/h6,9-10H,2-5,7-8H2,1H3. The quantitative estimate of drug-likeness (QED) is 0.782. The molecule has 0 atom stereocenters. The van der Waals surface area contributed by atoms with Crippen molar-refractivity contribution in [3.05, 3.63) is 17.0 Å². The Bertz CT molecular complexity index is 509. The van der Waals surface area contributed by atoms with E-state index >= 15 is 0 Å². The molecule has 0 radical (unpaired) electrons. The second-order valence-electron chi connectivity index (χ2n) is 4.75. The Balaban J connectivity index is 2.05. The fourth-order valence-corrected chi connectivity index (χ4v) is 5.01. The first-order valence-electron chi connectivity index (χ1n) is 6.21. The summed E-state index contributed by atoms with van der Waals surface area (Å²) in [4.78, 5) is 0. The SMILES string of the molecule is CN(CC1CCOCC1)S(=O)(=O)c1cc(CCl)cs1. The Hall–Kier alpha value is -0.140. The second kappa shape index (κ2) is 6.54. The second-order valence-corrected chi connectivity index (χ2v) is 8.20. The zero-order chi connectivity index (χ0) is 13.9. The third-order valence-electron chi connectivity index (χ3n) is 3.30. The summed E-state index contributed by atoms with van der Waals surface area (Å²) in [7, 11) is -1.73. The molecule has 2 rings (SSSR count). The van der Waals surface area contributed by atoms with Gasteiger partial charge in [-0.1, -0.05) is 0 Å². The molecule has 1 aromatic rings. The molecule has 1 aliphatic heterocycles. The smallest absolute Gasteiger partial charge is 0.252 e. The van der Waals surface area contributed by atoms with Gasteiger partial charge in [-0.15, -0.1) is 22.9 Å². The summed E-state index contributed by atoms with van der Waals surface area (Å²) in [5, 5.41) is 1.79. The monoisotopic (exact) mass is 323 g/mol. The lowest BCUT2D eigenvalue weighted by atomic mass is 10.0. The Labute approximate surface area is 123 Å². The van der Waals surface area contributed by atoms with Crippen LogP contribution in [0.5, 0.6) is 0 Å². The topological polar surface area (TPSA) is 46.6 Å². The first-order chi connectivity index (χ1) is 9.04. The van der Waals surface area contributed by atoms with E-state index in [1.807, 2.05) is 0 Å². The largest absolute Gasteiger partial charge is 0.381 e. The van der Waals surface area contributed by atoms with Crippen LogP contribution in [-0.2, 0) is 20.6 Å². The van der Waals surface area contributed by atoms with E-state index < -0.39 is 10.0 Å². The van der Waals surface area contributed by atoms with Crippen LogP contribution in [0, 0.1) is 5.92 Å². The van der Waals surface area contributed by atoms with E-state index in [0.29, 0.717) is 22.6 Å². The lowest BCUT2D eigenvalue weighted by molar-refractivity contribution is 0.0620. The molecular formula is C12H18ClNO3S2. The molecule has 1 fully saturated rings. The molecule has 0 spiro atoms. The number of thiophene rings is 1. The lowest BCUT2D eigenvalue weighted by Gasteiger charge is -2.26. The zero-order valence-corrected chi connectivity index (χ0v) is 13.2. The summed E-state index contributed by atoms with van der Waals surface area (Å²) < 4.78 is 31.9. The van der Waals surface area contributed by atoms with Crippen LogP contribution in [0.3, 0.4) is 0 Å². The maximum Gasteiger partial charge on any atom is 0.252 e. The number of ether oxygens (including phenoxy) is 1. The number of rotatable bonds is 5. The van der Waals surface area contributed by atoms with E-state index in [0.717, 1.165) is 31.6 Å². The summed E-state index contributed by atoms with van der Waals surface area (Å²) in [5.41, 5.74) is 0.852. The van der Waals surface area contributed by atoms with Gasteiger partial charge < -0.3 is 4.74 Å². The third kappa shape index (κ3) is 3.70. The fourth-order valence-electron chi connectivity index (χ4n) is 2.10. The molecular weight excluding hydrogens is 306 g/mol. The maximum atomic E-state index is 12.4. The minimum Gasteiger partial charge on any atom is -0.381 e. The number of hydrogen-bond donors (Lipinski definition) is 0. The van der Waals surface area contributed by atoms with Crippen LogP contribution in [0.2, 0.25) is 0 Å². The van der Waals surface area contributed by atoms with Gasteiger partial charge in [-0.2, -0.15) is 4.31 Å². The molecule has 1 aromatic heterocycles. The molecule has 7 heteroatoms. The molecule has 108 valence electrons. The van der Waals surface area contributed by atoms with Crippen molar-refractivity contribution in [2.75, 3.05) is 26.8 Å². The normalized spacial score (nSPS) is 18.1. The Morgan fingerprint density at radius 2 is 2.16 bits per heavy atom. The molecule has 1 aliphatic rings. The highest BCUT2D eigenvalue weighted by atomic mass is 35.5. The molecule has 0 amide bonds. The minimum absolute atomic E-state index is 0.343. The van der Waals surface area contributed by atoms with Crippen molar-refractivity contribution in [1.82, 2.24) is 4.31 Å². The first-order valence-corrected chi connectivity index (χ1v) is 9.07. The molecule has 19 heavy (non-hydrogen) atoms. The maximum absolute atomic E-state index is 12.4. The van der Waals surface area contributed by atoms with Crippen molar-refractivity contribution in [1.29, 1.82) is 0 Å². The summed E-state index contributed by atoms with van der Waals surface area (Å²) in [6.45, 7) is 2.02. The summed E-state index contributed by atoms with van der Waals surface area (Å²) in [6, 6.07) is 1.66. The van der Waals surface area contributed by atoms with Crippen LogP contribution in [-0.4, -0.2) is 39.5 Å². The molecule has 1 saturated heterocycles. The van der Waals surface area contributed by atoms with Gasteiger partial charge in [-0.25, -0.2) is 8.42 Å². The van der Waals surface area contributed by atoms with E-state index in [4.69, 9.17) is 16.3 Å². The highest BCUT2D eigenvalue weighted by Gasteiger charge is 2.26. The van der Waals surface area contributed by atoms with Crippen molar-refractivity contribution in [2.45, 2.75) is 22.9 Å². The average molecular weight is 324 g/mol. The van der Waals surface area contributed by atoms with Gasteiger partial charge in [0.2, 0.25) is 0 Å². The number of halogens is 1. The van der Waals surface area contributed by atoms with Gasteiger partial charge in [0, 0.05) is 32.7 Å². The van der Waals surface area contributed by atoms with Crippen LogP contribution in [0.4, 0.5) is 0 Å². The van der Waals surface area contributed by atoms with Crippen LogP contribution in [0.25, 0.3) is 0 Å². The number of nitrogens with zero attached hydrogens (tertiary/aromatic N) is 1. The first kappa shape index (κ1) is 15.3. The molecule has 0 bridgehead atoms. The Morgan fingerprint density at radius 3 is 2.74 bits per heavy atom. The fraction of sp³-hybridized carbons (Fsp3) is 0.667. The van der Waals surface area contributed by atoms with Crippen molar-refractivity contribution in [3.63, 3.8) is 0 Å².